The Balaban J connectivity index is 1.69. The molecule has 3 aromatic rings. The normalized spacial score (nSPS) is 13.7. The van der Waals surface area contributed by atoms with E-state index < -0.39 is 0 Å². The molecule has 11 heteroatoms. The predicted octanol–water partition coefficient (Wildman–Crippen LogP) is 5.51. The van der Waals surface area contributed by atoms with Crippen molar-refractivity contribution in [2.24, 2.45) is 0 Å². The summed E-state index contributed by atoms with van der Waals surface area (Å²) in [5, 5.41) is 12.7. The van der Waals surface area contributed by atoms with E-state index in [1.807, 2.05) is 27.7 Å². The first-order valence-corrected chi connectivity index (χ1v) is 15.2. The minimum absolute atomic E-state index is 0.0229. The van der Waals surface area contributed by atoms with Gasteiger partial charge in [-0.15, -0.1) is 0 Å². The van der Waals surface area contributed by atoms with Crippen LogP contribution < -0.4 is 26.0 Å². The highest BCUT2D eigenvalue weighted by atomic mass is 35.5. The average molecular weight is 596 g/mol. The molecular weight excluding hydrogens is 554 g/mol. The summed E-state index contributed by atoms with van der Waals surface area (Å²) in [6.45, 7) is 13.1. The molecule has 226 valence electrons. The van der Waals surface area contributed by atoms with Gasteiger partial charge in [0.15, 0.2) is 5.82 Å². The Morgan fingerprint density at radius 3 is 2.26 bits per heavy atom. The van der Waals surface area contributed by atoms with Crippen molar-refractivity contribution in [3.63, 3.8) is 0 Å². The van der Waals surface area contributed by atoms with Crippen LogP contribution in [0.15, 0.2) is 30.7 Å². The number of halogens is 1. The van der Waals surface area contributed by atoms with Crippen molar-refractivity contribution >= 4 is 35.1 Å². The number of hydrogen-bond donors (Lipinski definition) is 4. The molecule has 0 saturated carbocycles. The Hall–Kier alpha value is -3.63. The first-order valence-electron chi connectivity index (χ1n) is 14.8. The van der Waals surface area contributed by atoms with Crippen LogP contribution in [0.3, 0.4) is 0 Å². The van der Waals surface area contributed by atoms with Gasteiger partial charge in [-0.2, -0.15) is 4.98 Å². The van der Waals surface area contributed by atoms with Crippen LogP contribution in [0, 0.1) is 6.92 Å². The van der Waals surface area contributed by atoms with Gasteiger partial charge in [0.05, 0.1) is 29.1 Å². The number of nitrogens with zero attached hydrogens (tertiary/aromatic N) is 3. The molecule has 0 aliphatic carbocycles. The van der Waals surface area contributed by atoms with E-state index in [0.717, 1.165) is 50.2 Å². The molecule has 1 aliphatic rings. The molecule has 4 N–H and O–H groups in total. The van der Waals surface area contributed by atoms with Crippen molar-refractivity contribution in [3.05, 3.63) is 58.0 Å². The Labute approximate surface area is 253 Å². The standard InChI is InChI=1S/C31H42ClN7O3/c1-6-10-34-29(40)23-17-39(18-24(23)30(41)35-11-7-2)28-25(32)16-36-31(38-28)37-26-14-20(5)22(15-27(26)42-19(3)4)21-8-12-33-13-9-21/h14-19,21,33H,6-13H2,1-5H3,(H,34,40)(H,35,41)(H,36,37,38). The minimum Gasteiger partial charge on any atom is -0.489 e. The molecule has 0 atom stereocenters. The maximum atomic E-state index is 12.9. The van der Waals surface area contributed by atoms with Gasteiger partial charge in [0.2, 0.25) is 5.95 Å². The first-order chi connectivity index (χ1) is 20.2. The number of benzene rings is 1. The van der Waals surface area contributed by atoms with Crippen LogP contribution in [0.1, 0.15) is 91.1 Å². The Morgan fingerprint density at radius 2 is 1.69 bits per heavy atom. The van der Waals surface area contributed by atoms with Crippen LogP contribution in [0.2, 0.25) is 5.02 Å². The van der Waals surface area contributed by atoms with E-state index in [0.29, 0.717) is 30.8 Å². The summed E-state index contributed by atoms with van der Waals surface area (Å²) in [6.07, 6.45) is 8.36. The van der Waals surface area contributed by atoms with Crippen molar-refractivity contribution in [3.8, 4) is 11.6 Å². The molecule has 4 rings (SSSR count). The number of aryl methyl sites for hydroxylation is 1. The fraction of sp³-hybridized carbons (Fsp3) is 0.484. The van der Waals surface area contributed by atoms with Crippen LogP contribution in [0.4, 0.5) is 11.6 Å². The molecule has 0 spiro atoms. The number of rotatable bonds is 12. The lowest BCUT2D eigenvalue weighted by Crippen LogP contribution is -2.29. The first kappa shape index (κ1) is 31.3. The second kappa shape index (κ2) is 14.5. The molecule has 1 fully saturated rings. The van der Waals surface area contributed by atoms with E-state index in [1.54, 1.807) is 17.0 Å². The van der Waals surface area contributed by atoms with Gasteiger partial charge in [-0.25, -0.2) is 4.98 Å². The number of carbonyl (C=O) groups is 2. The number of carbonyl (C=O) groups excluding carboxylic acids is 2. The summed E-state index contributed by atoms with van der Waals surface area (Å²) in [4.78, 5) is 35.0. The second-order valence-corrected chi connectivity index (χ2v) is 11.3. The molecule has 2 amide bonds. The van der Waals surface area contributed by atoms with Crippen LogP contribution in [0.5, 0.6) is 5.75 Å². The lowest BCUT2D eigenvalue weighted by atomic mass is 9.87. The van der Waals surface area contributed by atoms with Gasteiger partial charge >= 0.3 is 0 Å². The van der Waals surface area contributed by atoms with Crippen LogP contribution in [-0.2, 0) is 0 Å². The molecule has 1 aliphatic heterocycles. The summed E-state index contributed by atoms with van der Waals surface area (Å²) in [5.41, 5.74) is 3.71. The molecular formula is C31H42ClN7O3. The highest BCUT2D eigenvalue weighted by Gasteiger charge is 2.23. The number of aromatic nitrogens is 3. The number of piperidine rings is 1. The van der Waals surface area contributed by atoms with E-state index in [-0.39, 0.29) is 34.1 Å². The predicted molar refractivity (Wildman–Crippen MR) is 167 cm³/mol. The fourth-order valence-electron chi connectivity index (χ4n) is 5.05. The topological polar surface area (TPSA) is 122 Å². The number of hydrogen-bond acceptors (Lipinski definition) is 7. The molecule has 1 saturated heterocycles. The van der Waals surface area contributed by atoms with E-state index >= 15 is 0 Å². The zero-order valence-electron chi connectivity index (χ0n) is 25.1. The molecule has 0 unspecified atom stereocenters. The van der Waals surface area contributed by atoms with Gasteiger partial charge in [0, 0.05) is 25.5 Å². The number of anilines is 2. The second-order valence-electron chi connectivity index (χ2n) is 10.9. The van der Waals surface area contributed by atoms with Crippen LogP contribution in [0.25, 0.3) is 5.82 Å². The lowest BCUT2D eigenvalue weighted by Gasteiger charge is -2.26. The zero-order chi connectivity index (χ0) is 30.2. The smallest absolute Gasteiger partial charge is 0.253 e. The molecule has 0 bridgehead atoms. The highest BCUT2D eigenvalue weighted by molar-refractivity contribution is 6.32. The van der Waals surface area contributed by atoms with Crippen molar-refractivity contribution in [2.45, 2.75) is 72.3 Å². The third-order valence-corrected chi connectivity index (χ3v) is 7.38. The largest absolute Gasteiger partial charge is 0.489 e. The van der Waals surface area contributed by atoms with Gasteiger partial charge in [-0.05, 0) is 88.7 Å². The molecule has 1 aromatic carbocycles. The maximum absolute atomic E-state index is 12.9. The van der Waals surface area contributed by atoms with Gasteiger partial charge < -0.3 is 30.6 Å². The SMILES string of the molecule is CCCNC(=O)c1cn(-c2nc(Nc3cc(C)c(C4CCNCC4)cc3OC(C)C)ncc2Cl)cc1C(=O)NCCC. The third kappa shape index (κ3) is 7.60. The van der Waals surface area contributed by atoms with Crippen molar-refractivity contribution < 1.29 is 14.3 Å². The van der Waals surface area contributed by atoms with Crippen LogP contribution >= 0.6 is 11.6 Å². The molecule has 2 aromatic heterocycles. The van der Waals surface area contributed by atoms with Gasteiger partial charge in [-0.1, -0.05) is 25.4 Å². The summed E-state index contributed by atoms with van der Waals surface area (Å²) < 4.78 is 7.82. The van der Waals surface area contributed by atoms with Gasteiger partial charge in [0.1, 0.15) is 10.8 Å². The van der Waals surface area contributed by atoms with Crippen molar-refractivity contribution in [1.82, 2.24) is 30.5 Å². The third-order valence-electron chi connectivity index (χ3n) is 7.11. The summed E-state index contributed by atoms with van der Waals surface area (Å²) >= 11 is 6.55. The lowest BCUT2D eigenvalue weighted by molar-refractivity contribution is 0.0920. The van der Waals surface area contributed by atoms with Crippen LogP contribution in [-0.4, -0.2) is 58.6 Å². The van der Waals surface area contributed by atoms with E-state index in [2.05, 4.69) is 50.3 Å². The highest BCUT2D eigenvalue weighted by Crippen LogP contribution is 2.37. The van der Waals surface area contributed by atoms with E-state index in [1.165, 1.54) is 17.3 Å². The minimum atomic E-state index is -0.333. The number of nitrogens with one attached hydrogen (secondary N) is 4. The van der Waals surface area contributed by atoms with Gasteiger partial charge in [-0.3, -0.25) is 9.59 Å². The fourth-order valence-corrected chi connectivity index (χ4v) is 5.24. The molecule has 10 nitrogen and oxygen atoms in total. The Bertz CT molecular complexity index is 1360. The molecule has 42 heavy (non-hydrogen) atoms. The summed E-state index contributed by atoms with van der Waals surface area (Å²) in [7, 11) is 0. The Kier molecular flexibility index (Phi) is 10.8. The summed E-state index contributed by atoms with van der Waals surface area (Å²) in [5.74, 6) is 1.19. The molecule has 3 heterocycles. The van der Waals surface area contributed by atoms with E-state index in [9.17, 15) is 9.59 Å². The Morgan fingerprint density at radius 1 is 1.07 bits per heavy atom. The monoisotopic (exact) mass is 595 g/mol. The number of ether oxygens (including phenoxy) is 1. The van der Waals surface area contributed by atoms with E-state index in [4.69, 9.17) is 16.3 Å². The number of amides is 2. The quantitative estimate of drug-likeness (QED) is 0.218. The van der Waals surface area contributed by atoms with Gasteiger partial charge in [0.25, 0.3) is 11.8 Å². The molecule has 0 radical (unpaired) electrons. The van der Waals surface area contributed by atoms with Crippen molar-refractivity contribution in [1.29, 1.82) is 0 Å². The van der Waals surface area contributed by atoms with Crippen molar-refractivity contribution in [2.75, 3.05) is 31.5 Å². The maximum Gasteiger partial charge on any atom is 0.253 e. The summed E-state index contributed by atoms with van der Waals surface area (Å²) in [6, 6.07) is 4.22. The average Bonchev–Trinajstić information content (AvgIpc) is 3.43. The zero-order valence-corrected chi connectivity index (χ0v) is 25.9.